The number of anilines is 3. The van der Waals surface area contributed by atoms with Crippen LogP contribution in [0.25, 0.3) is 11.0 Å². The van der Waals surface area contributed by atoms with Crippen LogP contribution in [0, 0.1) is 6.92 Å². The molecule has 14 heteroatoms. The minimum absolute atomic E-state index is 0.221. The number of nitrogens with two attached hydrogens (primary N) is 3. The van der Waals surface area contributed by atoms with E-state index in [1.54, 1.807) is 27.4 Å². The van der Waals surface area contributed by atoms with Crippen molar-refractivity contribution in [3.63, 3.8) is 0 Å². The first kappa shape index (κ1) is 32.4. The molecule has 0 radical (unpaired) electrons. The van der Waals surface area contributed by atoms with Crippen molar-refractivity contribution in [2.45, 2.75) is 46.7 Å². The van der Waals surface area contributed by atoms with E-state index < -0.39 is 11.8 Å². The number of hydrogen-bond donors (Lipinski definition) is 5. The summed E-state index contributed by atoms with van der Waals surface area (Å²) in [5.41, 5.74) is 20.7. The van der Waals surface area contributed by atoms with Crippen molar-refractivity contribution < 1.29 is 23.9 Å². The number of aromatic nitrogens is 4. The molecule has 14 nitrogen and oxygen atoms in total. The third-order valence-corrected chi connectivity index (χ3v) is 6.99. The zero-order chi connectivity index (χ0) is 32.7. The molecule has 0 aliphatic heterocycles. The molecular weight excluding hydrogens is 578 g/mol. The molecule has 0 atom stereocenters. The van der Waals surface area contributed by atoms with Crippen LogP contribution in [0.4, 0.5) is 17.3 Å². The molecule has 0 bridgehead atoms. The summed E-state index contributed by atoms with van der Waals surface area (Å²) in [6.45, 7) is 7.37. The zero-order valence-corrected chi connectivity index (χ0v) is 25.8. The maximum absolute atomic E-state index is 13.3. The van der Waals surface area contributed by atoms with Gasteiger partial charge < -0.3 is 36.6 Å². The fourth-order valence-corrected chi connectivity index (χ4v) is 4.77. The number of primary amides is 2. The SMILES string of the molecule is CCCCOc1cc(C(N)=O)cc(N)c1NC/C=C/Cn1c(NC(=O)c2cc(C)nn2CC)nc2cc(C(N)=O)cc(OC)c21. The number of unbranched alkanes of at least 4 members (excludes halogenated alkanes) is 1. The molecule has 8 N–H and O–H groups in total. The number of benzene rings is 2. The summed E-state index contributed by atoms with van der Waals surface area (Å²) in [7, 11) is 1.48. The topological polar surface area (TPSA) is 207 Å². The third kappa shape index (κ3) is 7.34. The molecule has 0 aliphatic rings. The van der Waals surface area contributed by atoms with E-state index in [9.17, 15) is 14.4 Å². The number of nitrogens with one attached hydrogen (secondary N) is 2. The number of rotatable bonds is 15. The van der Waals surface area contributed by atoms with Crippen LogP contribution < -0.4 is 37.3 Å². The summed E-state index contributed by atoms with van der Waals surface area (Å²) in [6.07, 6.45) is 5.52. The Balaban J connectivity index is 1.62. The van der Waals surface area contributed by atoms with Gasteiger partial charge in [-0.2, -0.15) is 5.10 Å². The van der Waals surface area contributed by atoms with Gasteiger partial charge in [0.2, 0.25) is 17.8 Å². The van der Waals surface area contributed by atoms with Crippen LogP contribution in [-0.4, -0.2) is 57.3 Å². The number of methoxy groups -OCH3 is 1. The molecule has 4 rings (SSSR count). The van der Waals surface area contributed by atoms with Gasteiger partial charge in [-0.1, -0.05) is 25.5 Å². The molecule has 45 heavy (non-hydrogen) atoms. The average Bonchev–Trinajstić information content (AvgIpc) is 3.56. The van der Waals surface area contributed by atoms with Gasteiger partial charge in [-0.25, -0.2) is 4.98 Å². The quantitative estimate of drug-likeness (QED) is 0.0751. The number of hydrogen-bond acceptors (Lipinski definition) is 9. The highest BCUT2D eigenvalue weighted by Crippen LogP contribution is 2.33. The van der Waals surface area contributed by atoms with Gasteiger partial charge in [0.1, 0.15) is 28.4 Å². The van der Waals surface area contributed by atoms with Crippen LogP contribution in [0.5, 0.6) is 11.5 Å². The number of fused-ring (bicyclic) bond motifs is 1. The molecule has 3 amide bonds. The van der Waals surface area contributed by atoms with Crippen molar-refractivity contribution in [1.29, 1.82) is 0 Å². The Hall–Kier alpha value is -5.53. The van der Waals surface area contributed by atoms with E-state index in [2.05, 4.69) is 27.6 Å². The average molecular weight is 618 g/mol. The predicted octanol–water partition coefficient (Wildman–Crippen LogP) is 3.45. The Labute approximate surface area is 260 Å². The van der Waals surface area contributed by atoms with Gasteiger partial charge in [-0.3, -0.25) is 24.4 Å². The Morgan fingerprint density at radius 2 is 1.71 bits per heavy atom. The van der Waals surface area contributed by atoms with Gasteiger partial charge in [0, 0.05) is 30.8 Å². The minimum Gasteiger partial charge on any atom is -0.494 e. The maximum Gasteiger partial charge on any atom is 0.276 e. The van der Waals surface area contributed by atoms with E-state index in [1.165, 1.54) is 19.2 Å². The van der Waals surface area contributed by atoms with E-state index in [0.717, 1.165) is 12.8 Å². The third-order valence-electron chi connectivity index (χ3n) is 6.99. The lowest BCUT2D eigenvalue weighted by Crippen LogP contribution is -2.20. The largest absolute Gasteiger partial charge is 0.494 e. The molecule has 2 heterocycles. The van der Waals surface area contributed by atoms with E-state index >= 15 is 0 Å². The van der Waals surface area contributed by atoms with E-state index in [4.69, 9.17) is 26.7 Å². The molecule has 2 aromatic heterocycles. The summed E-state index contributed by atoms with van der Waals surface area (Å²) in [5.74, 6) is -0.577. The van der Waals surface area contributed by atoms with E-state index in [1.807, 2.05) is 26.0 Å². The summed E-state index contributed by atoms with van der Waals surface area (Å²) in [6, 6.07) is 7.87. The molecule has 4 aromatic rings. The van der Waals surface area contributed by atoms with Crippen LogP contribution in [-0.2, 0) is 13.1 Å². The Kier molecular flexibility index (Phi) is 10.3. The zero-order valence-electron chi connectivity index (χ0n) is 25.8. The molecule has 0 spiro atoms. The first-order valence-electron chi connectivity index (χ1n) is 14.6. The number of aryl methyl sites for hydroxylation is 2. The van der Waals surface area contributed by atoms with Gasteiger partial charge in [-0.15, -0.1) is 0 Å². The van der Waals surface area contributed by atoms with Gasteiger partial charge in [0.25, 0.3) is 5.91 Å². The van der Waals surface area contributed by atoms with Crippen molar-refractivity contribution in [2.24, 2.45) is 11.5 Å². The Morgan fingerprint density at radius 3 is 2.38 bits per heavy atom. The van der Waals surface area contributed by atoms with Crippen LogP contribution in [0.3, 0.4) is 0 Å². The number of carbonyl (C=O) groups excluding carboxylic acids is 3. The molecule has 238 valence electrons. The van der Waals surface area contributed by atoms with Crippen molar-refractivity contribution in [2.75, 3.05) is 36.6 Å². The number of nitrogen functional groups attached to an aromatic ring is 1. The van der Waals surface area contributed by atoms with Crippen molar-refractivity contribution in [3.8, 4) is 11.5 Å². The number of nitrogens with zero attached hydrogens (tertiary/aromatic N) is 4. The van der Waals surface area contributed by atoms with E-state index in [0.29, 0.717) is 65.0 Å². The highest BCUT2D eigenvalue weighted by atomic mass is 16.5. The fraction of sp³-hybridized carbons (Fsp3) is 0.323. The maximum atomic E-state index is 13.3. The summed E-state index contributed by atoms with van der Waals surface area (Å²) < 4.78 is 14.9. The van der Waals surface area contributed by atoms with Crippen molar-refractivity contribution in [1.82, 2.24) is 19.3 Å². The summed E-state index contributed by atoms with van der Waals surface area (Å²) >= 11 is 0. The monoisotopic (exact) mass is 617 g/mol. The Morgan fingerprint density at radius 1 is 1.00 bits per heavy atom. The van der Waals surface area contributed by atoms with Gasteiger partial charge in [0.15, 0.2) is 0 Å². The summed E-state index contributed by atoms with van der Waals surface area (Å²) in [4.78, 5) is 41.7. The first-order valence-corrected chi connectivity index (χ1v) is 14.6. The summed E-state index contributed by atoms with van der Waals surface area (Å²) in [5, 5.41) is 10.5. The van der Waals surface area contributed by atoms with Crippen LogP contribution >= 0.6 is 0 Å². The normalized spacial score (nSPS) is 11.2. The minimum atomic E-state index is -0.634. The van der Waals surface area contributed by atoms with E-state index in [-0.39, 0.29) is 29.5 Å². The molecular formula is C31H39N9O5. The second kappa shape index (κ2) is 14.3. The molecule has 0 fully saturated rings. The second-order valence-corrected chi connectivity index (χ2v) is 10.3. The second-order valence-electron chi connectivity index (χ2n) is 10.3. The molecule has 2 aromatic carbocycles. The van der Waals surface area contributed by atoms with Gasteiger partial charge in [-0.05, 0) is 50.6 Å². The number of ether oxygens (including phenoxy) is 2. The molecule has 0 aliphatic carbocycles. The number of carbonyl (C=O) groups is 3. The standard InChI is InChI=1S/C31H39N9O5/c1-5-7-12-45-24-16-19(28(33)41)14-21(32)26(24)35-10-8-9-11-39-27-22(15-20(29(34)42)17-25(27)44-4)36-31(39)37-30(43)23-13-18(3)38-40(23)6-2/h8-9,13-17,35H,5-7,10-12,32H2,1-4H3,(H2,33,41)(H2,34,42)(H,36,37,43)/b9-8+. The predicted molar refractivity (Wildman–Crippen MR) is 173 cm³/mol. The smallest absolute Gasteiger partial charge is 0.276 e. The van der Waals surface area contributed by atoms with Crippen LogP contribution in [0.2, 0.25) is 0 Å². The Bertz CT molecular complexity index is 1760. The highest BCUT2D eigenvalue weighted by molar-refractivity contribution is 6.04. The fourth-order valence-electron chi connectivity index (χ4n) is 4.77. The number of imidazole rings is 1. The number of amides is 3. The van der Waals surface area contributed by atoms with Gasteiger partial charge >= 0.3 is 0 Å². The lowest BCUT2D eigenvalue weighted by Gasteiger charge is -2.16. The number of allylic oxidation sites excluding steroid dienone is 1. The van der Waals surface area contributed by atoms with Crippen LogP contribution in [0.1, 0.15) is 63.6 Å². The highest BCUT2D eigenvalue weighted by Gasteiger charge is 2.21. The van der Waals surface area contributed by atoms with Crippen molar-refractivity contribution >= 4 is 46.1 Å². The van der Waals surface area contributed by atoms with Crippen LogP contribution in [0.15, 0.2) is 42.5 Å². The molecule has 0 unspecified atom stereocenters. The molecule has 0 saturated heterocycles. The lowest BCUT2D eigenvalue weighted by atomic mass is 10.1. The lowest BCUT2D eigenvalue weighted by molar-refractivity contribution is 0.0991. The van der Waals surface area contributed by atoms with Gasteiger partial charge in [0.05, 0.1) is 30.6 Å². The molecule has 0 saturated carbocycles. The van der Waals surface area contributed by atoms with Crippen molar-refractivity contribution in [3.05, 3.63) is 65.0 Å². The first-order chi connectivity index (χ1) is 21.6.